The van der Waals surface area contributed by atoms with Crippen molar-refractivity contribution in [2.24, 2.45) is 0 Å². The van der Waals surface area contributed by atoms with E-state index in [0.29, 0.717) is 12.5 Å². The van der Waals surface area contributed by atoms with Crippen LogP contribution in [-0.4, -0.2) is 44.8 Å². The molecule has 7 nitrogen and oxygen atoms in total. The van der Waals surface area contributed by atoms with Crippen LogP contribution in [0.5, 0.6) is 0 Å². The fraction of sp³-hybridized carbons (Fsp3) is 0.312. The average Bonchev–Trinajstić information content (AvgIpc) is 3.02. The van der Waals surface area contributed by atoms with E-state index in [1.54, 1.807) is 6.33 Å². The highest BCUT2D eigenvalue weighted by molar-refractivity contribution is 5.87. The summed E-state index contributed by atoms with van der Waals surface area (Å²) in [7, 11) is 1.96. The molecule has 0 spiro atoms. The molecule has 2 heterocycles. The standard InChI is InChI=1S/C16H20N6O/c1-3-22-11-18-13-14(21(2)12-7-5-4-6-8-12)19-16(17-9-10-23)20-15(13)22/h4-8,11,23H,3,9-10H2,1-2H3,(H,17,19,20). The van der Waals surface area contributed by atoms with Crippen molar-refractivity contribution in [3.63, 3.8) is 0 Å². The van der Waals surface area contributed by atoms with E-state index in [2.05, 4.69) is 20.3 Å². The first-order valence-electron chi connectivity index (χ1n) is 7.61. The Balaban J connectivity index is 2.11. The molecular weight excluding hydrogens is 292 g/mol. The van der Waals surface area contributed by atoms with Gasteiger partial charge in [-0.15, -0.1) is 0 Å². The highest BCUT2D eigenvalue weighted by atomic mass is 16.3. The van der Waals surface area contributed by atoms with E-state index < -0.39 is 0 Å². The second-order valence-corrected chi connectivity index (χ2v) is 5.12. The SMILES string of the molecule is CCn1cnc2c(N(C)c3ccccc3)nc(NCCO)nc21. The largest absolute Gasteiger partial charge is 0.395 e. The van der Waals surface area contributed by atoms with Gasteiger partial charge in [-0.2, -0.15) is 9.97 Å². The van der Waals surface area contributed by atoms with Gasteiger partial charge in [-0.05, 0) is 19.1 Å². The van der Waals surface area contributed by atoms with Crippen molar-refractivity contribution >= 4 is 28.6 Å². The van der Waals surface area contributed by atoms with Gasteiger partial charge in [0.2, 0.25) is 5.95 Å². The Labute approximate surface area is 134 Å². The number of anilines is 3. The van der Waals surface area contributed by atoms with Crippen LogP contribution >= 0.6 is 0 Å². The summed E-state index contributed by atoms with van der Waals surface area (Å²) in [5, 5.41) is 12.0. The molecule has 120 valence electrons. The van der Waals surface area contributed by atoms with Crippen molar-refractivity contribution in [1.29, 1.82) is 0 Å². The van der Waals surface area contributed by atoms with Crippen molar-refractivity contribution in [3.05, 3.63) is 36.7 Å². The summed E-state index contributed by atoms with van der Waals surface area (Å²) in [5.41, 5.74) is 2.56. The fourth-order valence-corrected chi connectivity index (χ4v) is 2.42. The Morgan fingerprint density at radius 1 is 1.22 bits per heavy atom. The number of benzene rings is 1. The van der Waals surface area contributed by atoms with Crippen molar-refractivity contribution < 1.29 is 5.11 Å². The zero-order valence-corrected chi connectivity index (χ0v) is 13.3. The molecule has 0 saturated carbocycles. The van der Waals surface area contributed by atoms with E-state index in [9.17, 15) is 0 Å². The van der Waals surface area contributed by atoms with Crippen molar-refractivity contribution in [1.82, 2.24) is 19.5 Å². The second-order valence-electron chi connectivity index (χ2n) is 5.12. The van der Waals surface area contributed by atoms with Gasteiger partial charge in [0.25, 0.3) is 0 Å². The molecule has 0 bridgehead atoms. The minimum atomic E-state index is 0.0261. The van der Waals surface area contributed by atoms with Gasteiger partial charge in [0.05, 0.1) is 12.9 Å². The first-order chi connectivity index (χ1) is 11.2. The molecule has 1 aromatic carbocycles. The normalized spacial score (nSPS) is 10.9. The Bertz CT molecular complexity index is 786. The molecule has 0 aliphatic heterocycles. The van der Waals surface area contributed by atoms with Crippen LogP contribution in [0.4, 0.5) is 17.5 Å². The summed E-state index contributed by atoms with van der Waals surface area (Å²) in [6.45, 7) is 3.25. The topological polar surface area (TPSA) is 79.1 Å². The van der Waals surface area contributed by atoms with Crippen LogP contribution in [0, 0.1) is 0 Å². The lowest BCUT2D eigenvalue weighted by Gasteiger charge is -2.19. The Hall–Kier alpha value is -2.67. The van der Waals surface area contributed by atoms with Gasteiger partial charge in [-0.3, -0.25) is 0 Å². The first kappa shape index (κ1) is 15.2. The lowest BCUT2D eigenvalue weighted by molar-refractivity contribution is 0.311. The van der Waals surface area contributed by atoms with Crippen LogP contribution in [-0.2, 0) is 6.54 Å². The van der Waals surface area contributed by atoms with Crippen molar-refractivity contribution in [2.45, 2.75) is 13.5 Å². The van der Waals surface area contributed by atoms with Gasteiger partial charge < -0.3 is 19.9 Å². The molecule has 0 radical (unpaired) electrons. The number of imidazole rings is 1. The minimum absolute atomic E-state index is 0.0261. The fourth-order valence-electron chi connectivity index (χ4n) is 2.42. The number of nitrogens with one attached hydrogen (secondary N) is 1. The Kier molecular flexibility index (Phi) is 4.38. The highest BCUT2D eigenvalue weighted by Gasteiger charge is 2.16. The maximum absolute atomic E-state index is 9.01. The molecule has 2 aromatic heterocycles. The van der Waals surface area contributed by atoms with Crippen LogP contribution in [0.2, 0.25) is 0 Å². The molecule has 2 N–H and O–H groups in total. The molecule has 0 aliphatic carbocycles. The zero-order chi connectivity index (χ0) is 16.2. The number of hydrogen-bond acceptors (Lipinski definition) is 6. The third-order valence-electron chi connectivity index (χ3n) is 3.64. The number of rotatable bonds is 6. The van der Waals surface area contributed by atoms with E-state index >= 15 is 0 Å². The summed E-state index contributed by atoms with van der Waals surface area (Å²) in [6, 6.07) is 9.99. The third kappa shape index (κ3) is 2.95. The van der Waals surface area contributed by atoms with E-state index in [-0.39, 0.29) is 6.61 Å². The zero-order valence-electron chi connectivity index (χ0n) is 13.3. The Morgan fingerprint density at radius 3 is 2.70 bits per heavy atom. The molecule has 0 aliphatic rings. The summed E-state index contributed by atoms with van der Waals surface area (Å²) >= 11 is 0. The number of aliphatic hydroxyl groups is 1. The number of fused-ring (bicyclic) bond motifs is 1. The molecule has 3 rings (SSSR count). The highest BCUT2D eigenvalue weighted by Crippen LogP contribution is 2.28. The van der Waals surface area contributed by atoms with Gasteiger partial charge in [0.15, 0.2) is 17.0 Å². The van der Waals surface area contributed by atoms with Gasteiger partial charge in [0.1, 0.15) is 0 Å². The van der Waals surface area contributed by atoms with E-state index in [4.69, 9.17) is 5.11 Å². The van der Waals surface area contributed by atoms with Crippen LogP contribution in [0.3, 0.4) is 0 Å². The van der Waals surface area contributed by atoms with Gasteiger partial charge in [-0.25, -0.2) is 4.98 Å². The quantitative estimate of drug-likeness (QED) is 0.725. The monoisotopic (exact) mass is 312 g/mol. The first-order valence-corrected chi connectivity index (χ1v) is 7.61. The van der Waals surface area contributed by atoms with Crippen LogP contribution in [0.25, 0.3) is 11.2 Å². The summed E-state index contributed by atoms with van der Waals surface area (Å²) in [5.74, 6) is 1.22. The van der Waals surface area contributed by atoms with Gasteiger partial charge in [0, 0.05) is 25.8 Å². The molecule has 0 saturated heterocycles. The number of hydrogen-bond donors (Lipinski definition) is 2. The molecular formula is C16H20N6O. The molecule has 0 fully saturated rings. The van der Waals surface area contributed by atoms with E-state index in [1.165, 1.54) is 0 Å². The lowest BCUT2D eigenvalue weighted by atomic mass is 10.3. The van der Waals surface area contributed by atoms with Gasteiger partial charge in [-0.1, -0.05) is 18.2 Å². The molecule has 0 amide bonds. The van der Waals surface area contributed by atoms with Gasteiger partial charge >= 0.3 is 0 Å². The molecule has 7 heteroatoms. The molecule has 23 heavy (non-hydrogen) atoms. The molecule has 3 aromatic rings. The third-order valence-corrected chi connectivity index (χ3v) is 3.64. The number of nitrogens with zero attached hydrogens (tertiary/aromatic N) is 5. The number of aliphatic hydroxyl groups excluding tert-OH is 1. The number of para-hydroxylation sites is 1. The second kappa shape index (κ2) is 6.62. The molecule has 0 unspecified atom stereocenters. The average molecular weight is 312 g/mol. The Morgan fingerprint density at radius 2 is 2.00 bits per heavy atom. The molecule has 0 atom stereocenters. The van der Waals surface area contributed by atoms with Crippen LogP contribution < -0.4 is 10.2 Å². The number of aromatic nitrogens is 4. The van der Waals surface area contributed by atoms with E-state index in [0.717, 1.165) is 29.2 Å². The summed E-state index contributed by atoms with van der Waals surface area (Å²) in [6.07, 6.45) is 1.78. The van der Waals surface area contributed by atoms with E-state index in [1.807, 2.05) is 53.8 Å². The maximum atomic E-state index is 9.01. The van der Waals surface area contributed by atoms with Crippen LogP contribution in [0.15, 0.2) is 36.7 Å². The minimum Gasteiger partial charge on any atom is -0.395 e. The van der Waals surface area contributed by atoms with Crippen molar-refractivity contribution in [3.8, 4) is 0 Å². The van der Waals surface area contributed by atoms with Crippen molar-refractivity contribution in [2.75, 3.05) is 30.4 Å². The maximum Gasteiger partial charge on any atom is 0.226 e. The predicted octanol–water partition coefficient (Wildman–Crippen LogP) is 2.02. The van der Waals surface area contributed by atoms with Crippen LogP contribution in [0.1, 0.15) is 6.92 Å². The smallest absolute Gasteiger partial charge is 0.226 e. The number of aryl methyl sites for hydroxylation is 1. The predicted molar refractivity (Wildman–Crippen MR) is 91.1 cm³/mol. The lowest BCUT2D eigenvalue weighted by Crippen LogP contribution is -2.15. The summed E-state index contributed by atoms with van der Waals surface area (Å²) in [4.78, 5) is 15.6. The summed E-state index contributed by atoms with van der Waals surface area (Å²) < 4.78 is 1.98.